The first-order valence-electron chi connectivity index (χ1n) is 8.36. The molecule has 0 amide bonds. The van der Waals surface area contributed by atoms with Crippen LogP contribution in [0.4, 0.5) is 5.69 Å². The van der Waals surface area contributed by atoms with E-state index in [0.29, 0.717) is 0 Å². The van der Waals surface area contributed by atoms with Crippen molar-refractivity contribution in [1.29, 1.82) is 0 Å². The molecule has 0 spiro atoms. The maximum absolute atomic E-state index is 6.52. The van der Waals surface area contributed by atoms with Crippen molar-refractivity contribution in [3.63, 3.8) is 0 Å². The van der Waals surface area contributed by atoms with E-state index in [1.165, 1.54) is 30.5 Å². The van der Waals surface area contributed by atoms with E-state index in [4.69, 9.17) is 11.6 Å². The van der Waals surface area contributed by atoms with Crippen LogP contribution in [0.5, 0.6) is 0 Å². The van der Waals surface area contributed by atoms with Gasteiger partial charge in [-0.05, 0) is 55.3 Å². The minimum atomic E-state index is 0.794. The first kappa shape index (κ1) is 16.6. The molecule has 1 saturated heterocycles. The maximum atomic E-state index is 6.52. The minimum Gasteiger partial charge on any atom is -0.370 e. The Morgan fingerprint density at radius 3 is 2.76 bits per heavy atom. The quantitative estimate of drug-likeness (QED) is 0.847. The van der Waals surface area contributed by atoms with Gasteiger partial charge in [0, 0.05) is 19.6 Å². The number of hydrogen-bond donors (Lipinski definition) is 1. The van der Waals surface area contributed by atoms with Crippen molar-refractivity contribution in [3.8, 4) is 0 Å². The minimum absolute atomic E-state index is 0.794. The molecule has 0 aliphatic carbocycles. The van der Waals surface area contributed by atoms with Gasteiger partial charge in [-0.2, -0.15) is 0 Å². The topological polar surface area (TPSA) is 15.3 Å². The predicted octanol–water partition coefficient (Wildman–Crippen LogP) is 4.71. The van der Waals surface area contributed by atoms with Crippen LogP contribution >= 0.6 is 11.6 Å². The van der Waals surface area contributed by atoms with E-state index < -0.39 is 0 Å². The zero-order valence-corrected chi connectivity index (χ0v) is 14.4. The van der Waals surface area contributed by atoms with Gasteiger partial charge in [-0.3, -0.25) is 0 Å². The van der Waals surface area contributed by atoms with Crippen LogP contribution in [-0.4, -0.2) is 19.6 Å². The molecule has 2 nitrogen and oxygen atoms in total. The molecule has 1 fully saturated rings. The summed E-state index contributed by atoms with van der Waals surface area (Å²) in [7, 11) is 0. The molecule has 1 aromatic rings. The Hall–Kier alpha value is -0.730. The Balaban J connectivity index is 2.04. The number of hydrogen-bond acceptors (Lipinski definition) is 2. The lowest BCUT2D eigenvalue weighted by atomic mass is 9.89. The number of nitrogens with zero attached hydrogens (tertiary/aromatic N) is 1. The van der Waals surface area contributed by atoms with E-state index >= 15 is 0 Å². The highest BCUT2D eigenvalue weighted by Crippen LogP contribution is 2.31. The second-order valence-corrected chi connectivity index (χ2v) is 6.90. The first-order valence-corrected chi connectivity index (χ1v) is 8.73. The van der Waals surface area contributed by atoms with Gasteiger partial charge in [0.05, 0.1) is 10.7 Å². The van der Waals surface area contributed by atoms with Crippen molar-refractivity contribution < 1.29 is 0 Å². The summed E-state index contributed by atoms with van der Waals surface area (Å²) < 4.78 is 0. The number of halogens is 1. The SMILES string of the molecule is CCNCc1ccc(N2CCCC(C(C)C)CC2)c(Cl)c1. The molecule has 1 heterocycles. The van der Waals surface area contributed by atoms with E-state index in [-0.39, 0.29) is 0 Å². The van der Waals surface area contributed by atoms with E-state index in [9.17, 15) is 0 Å². The molecule has 1 aromatic carbocycles. The predicted molar refractivity (Wildman–Crippen MR) is 93.2 cm³/mol. The van der Waals surface area contributed by atoms with Crippen LogP contribution in [0.25, 0.3) is 0 Å². The summed E-state index contributed by atoms with van der Waals surface area (Å²) in [5.74, 6) is 1.66. The molecule has 1 atom stereocenters. The summed E-state index contributed by atoms with van der Waals surface area (Å²) in [5.41, 5.74) is 2.47. The first-order chi connectivity index (χ1) is 10.1. The van der Waals surface area contributed by atoms with Crippen molar-refractivity contribution in [2.75, 3.05) is 24.5 Å². The zero-order valence-electron chi connectivity index (χ0n) is 13.7. The average Bonchev–Trinajstić information content (AvgIpc) is 2.71. The van der Waals surface area contributed by atoms with Crippen molar-refractivity contribution in [2.24, 2.45) is 11.8 Å². The number of benzene rings is 1. The molecule has 1 unspecified atom stereocenters. The normalized spacial score (nSPS) is 19.9. The van der Waals surface area contributed by atoms with Crippen molar-refractivity contribution in [2.45, 2.75) is 46.6 Å². The molecule has 0 aromatic heterocycles. The Morgan fingerprint density at radius 1 is 1.29 bits per heavy atom. The third-order valence-corrected chi connectivity index (χ3v) is 4.95. The summed E-state index contributed by atoms with van der Waals surface area (Å²) in [6.45, 7) is 11.0. The molecule has 1 aliphatic rings. The Bertz CT molecular complexity index is 445. The third kappa shape index (κ3) is 4.62. The van der Waals surface area contributed by atoms with E-state index in [1.807, 2.05) is 0 Å². The number of nitrogens with one attached hydrogen (secondary N) is 1. The van der Waals surface area contributed by atoms with Gasteiger partial charge in [-0.1, -0.05) is 38.4 Å². The van der Waals surface area contributed by atoms with Gasteiger partial charge in [0.15, 0.2) is 0 Å². The van der Waals surface area contributed by atoms with Crippen LogP contribution in [0.1, 0.15) is 45.6 Å². The van der Waals surface area contributed by atoms with Crippen LogP contribution < -0.4 is 10.2 Å². The van der Waals surface area contributed by atoms with Crippen LogP contribution in [0, 0.1) is 11.8 Å². The fraction of sp³-hybridized carbons (Fsp3) is 0.667. The van der Waals surface area contributed by atoms with Gasteiger partial charge in [-0.15, -0.1) is 0 Å². The monoisotopic (exact) mass is 308 g/mol. The van der Waals surface area contributed by atoms with Crippen molar-refractivity contribution in [1.82, 2.24) is 5.32 Å². The molecule has 118 valence electrons. The lowest BCUT2D eigenvalue weighted by Gasteiger charge is -2.25. The molecular weight excluding hydrogens is 280 g/mol. The molecule has 1 N–H and O–H groups in total. The second kappa shape index (κ2) is 8.05. The third-order valence-electron chi connectivity index (χ3n) is 4.65. The highest BCUT2D eigenvalue weighted by atomic mass is 35.5. The van der Waals surface area contributed by atoms with Crippen molar-refractivity contribution >= 4 is 17.3 Å². The molecule has 0 bridgehead atoms. The van der Waals surface area contributed by atoms with E-state index in [1.54, 1.807) is 0 Å². The summed E-state index contributed by atoms with van der Waals surface area (Å²) in [5, 5.41) is 4.24. The van der Waals surface area contributed by atoms with E-state index in [0.717, 1.165) is 43.0 Å². The second-order valence-electron chi connectivity index (χ2n) is 6.49. The van der Waals surface area contributed by atoms with Gasteiger partial charge in [0.1, 0.15) is 0 Å². The fourth-order valence-electron chi connectivity index (χ4n) is 3.22. The summed E-state index contributed by atoms with van der Waals surface area (Å²) >= 11 is 6.52. The van der Waals surface area contributed by atoms with E-state index in [2.05, 4.69) is 49.2 Å². The average molecular weight is 309 g/mol. The van der Waals surface area contributed by atoms with Gasteiger partial charge in [0.25, 0.3) is 0 Å². The highest BCUT2D eigenvalue weighted by Gasteiger charge is 2.20. The molecule has 3 heteroatoms. The molecule has 0 saturated carbocycles. The van der Waals surface area contributed by atoms with Crippen LogP contribution in [0.2, 0.25) is 5.02 Å². The van der Waals surface area contributed by atoms with Crippen LogP contribution in [-0.2, 0) is 6.54 Å². The number of anilines is 1. The zero-order chi connectivity index (χ0) is 15.2. The maximum Gasteiger partial charge on any atom is 0.0642 e. The Kier molecular flexibility index (Phi) is 6.38. The van der Waals surface area contributed by atoms with Gasteiger partial charge in [-0.25, -0.2) is 0 Å². The standard InChI is InChI=1S/C18H29ClN2/c1-4-20-13-15-7-8-18(17(19)12-15)21-10-5-6-16(9-11-21)14(2)3/h7-8,12,14,16,20H,4-6,9-11,13H2,1-3H3. The molecular formula is C18H29ClN2. The lowest BCUT2D eigenvalue weighted by Crippen LogP contribution is -2.25. The Labute approximate surface area is 134 Å². The summed E-state index contributed by atoms with van der Waals surface area (Å²) in [6.07, 6.45) is 3.91. The van der Waals surface area contributed by atoms with Crippen molar-refractivity contribution in [3.05, 3.63) is 28.8 Å². The van der Waals surface area contributed by atoms with Gasteiger partial charge < -0.3 is 10.2 Å². The summed E-state index contributed by atoms with van der Waals surface area (Å²) in [6, 6.07) is 6.52. The largest absolute Gasteiger partial charge is 0.370 e. The number of rotatable bonds is 5. The molecule has 1 aliphatic heterocycles. The smallest absolute Gasteiger partial charge is 0.0642 e. The summed E-state index contributed by atoms with van der Waals surface area (Å²) in [4.78, 5) is 2.47. The van der Waals surface area contributed by atoms with Gasteiger partial charge in [0.2, 0.25) is 0 Å². The van der Waals surface area contributed by atoms with Gasteiger partial charge >= 0.3 is 0 Å². The molecule has 2 rings (SSSR count). The molecule has 21 heavy (non-hydrogen) atoms. The Morgan fingerprint density at radius 2 is 2.10 bits per heavy atom. The highest BCUT2D eigenvalue weighted by molar-refractivity contribution is 6.33. The molecule has 0 radical (unpaired) electrons. The van der Waals surface area contributed by atoms with Crippen LogP contribution in [0.3, 0.4) is 0 Å². The van der Waals surface area contributed by atoms with Crippen LogP contribution in [0.15, 0.2) is 18.2 Å². The lowest BCUT2D eigenvalue weighted by molar-refractivity contribution is 0.351. The fourth-order valence-corrected chi connectivity index (χ4v) is 3.54.